The molecular formula is C20H27NO4. The van der Waals surface area contributed by atoms with Gasteiger partial charge in [0, 0.05) is 29.6 Å². The van der Waals surface area contributed by atoms with Gasteiger partial charge < -0.3 is 14.1 Å². The molecule has 0 aliphatic carbocycles. The number of carbonyl (C=O) groups is 1. The van der Waals surface area contributed by atoms with Gasteiger partial charge in [-0.1, -0.05) is 13.3 Å². The number of benzene rings is 1. The van der Waals surface area contributed by atoms with Crippen LogP contribution in [0.5, 0.6) is 5.75 Å². The van der Waals surface area contributed by atoms with Crippen LogP contribution in [-0.2, 0) is 11.2 Å². The van der Waals surface area contributed by atoms with Crippen LogP contribution < -0.4 is 10.4 Å². The molecule has 0 saturated heterocycles. The molecule has 136 valence electrons. The summed E-state index contributed by atoms with van der Waals surface area (Å²) in [4.78, 5) is 25.9. The predicted molar refractivity (Wildman–Crippen MR) is 99.1 cm³/mol. The molecule has 5 heteroatoms. The zero-order valence-electron chi connectivity index (χ0n) is 15.7. The molecule has 0 fully saturated rings. The Labute approximate surface area is 148 Å². The topological polar surface area (TPSA) is 59.8 Å². The molecule has 0 radical (unpaired) electrons. The molecular weight excluding hydrogens is 318 g/mol. The highest BCUT2D eigenvalue weighted by Gasteiger charge is 2.20. The second kappa shape index (κ2) is 8.19. The molecule has 1 aromatic heterocycles. The van der Waals surface area contributed by atoms with Crippen molar-refractivity contribution in [3.8, 4) is 5.75 Å². The van der Waals surface area contributed by atoms with Gasteiger partial charge in [0.1, 0.15) is 11.3 Å². The van der Waals surface area contributed by atoms with E-state index in [2.05, 4.69) is 6.92 Å². The number of rotatable bonds is 7. The fourth-order valence-electron chi connectivity index (χ4n) is 3.17. The average molecular weight is 345 g/mol. The summed E-state index contributed by atoms with van der Waals surface area (Å²) in [6.07, 6.45) is 1.77. The fraction of sp³-hybridized carbons (Fsp3) is 0.500. The Morgan fingerprint density at radius 3 is 2.44 bits per heavy atom. The Morgan fingerprint density at radius 2 is 1.84 bits per heavy atom. The Bertz CT molecular complexity index is 784. The summed E-state index contributed by atoms with van der Waals surface area (Å²) in [5.74, 6) is 0.455. The summed E-state index contributed by atoms with van der Waals surface area (Å²) < 4.78 is 10.9. The lowest BCUT2D eigenvalue weighted by Crippen LogP contribution is -2.44. The van der Waals surface area contributed by atoms with Gasteiger partial charge in [-0.3, -0.25) is 4.79 Å². The summed E-state index contributed by atoms with van der Waals surface area (Å²) in [5, 5.41) is 0.908. The molecule has 5 nitrogen and oxygen atoms in total. The van der Waals surface area contributed by atoms with Gasteiger partial charge in [0.15, 0.2) is 6.61 Å². The molecule has 0 aliphatic heterocycles. The van der Waals surface area contributed by atoms with E-state index in [-0.39, 0.29) is 30.2 Å². The van der Waals surface area contributed by atoms with E-state index in [0.717, 1.165) is 23.8 Å². The van der Waals surface area contributed by atoms with E-state index in [4.69, 9.17) is 9.15 Å². The minimum atomic E-state index is -0.366. The number of aryl methyl sites for hydroxylation is 1. The lowest BCUT2D eigenvalue weighted by atomic mass is 10.1. The van der Waals surface area contributed by atoms with Crippen molar-refractivity contribution in [3.63, 3.8) is 0 Å². The monoisotopic (exact) mass is 345 g/mol. The van der Waals surface area contributed by atoms with Gasteiger partial charge in [-0.15, -0.1) is 0 Å². The lowest BCUT2D eigenvalue weighted by molar-refractivity contribution is -0.136. The Kier molecular flexibility index (Phi) is 6.23. The van der Waals surface area contributed by atoms with Crippen molar-refractivity contribution < 1.29 is 13.9 Å². The largest absolute Gasteiger partial charge is 0.484 e. The van der Waals surface area contributed by atoms with Gasteiger partial charge in [0.2, 0.25) is 0 Å². The molecule has 1 amide bonds. The third-order valence-electron chi connectivity index (χ3n) is 4.08. The van der Waals surface area contributed by atoms with Crippen molar-refractivity contribution in [2.24, 2.45) is 0 Å². The average Bonchev–Trinajstić information content (AvgIpc) is 2.52. The molecule has 0 bridgehead atoms. The summed E-state index contributed by atoms with van der Waals surface area (Å²) in [5.41, 5.74) is 1.10. The Morgan fingerprint density at radius 1 is 1.16 bits per heavy atom. The molecule has 0 N–H and O–H groups in total. The van der Waals surface area contributed by atoms with Crippen LogP contribution >= 0.6 is 0 Å². The van der Waals surface area contributed by atoms with Crippen LogP contribution in [0, 0.1) is 0 Å². The second-order valence-corrected chi connectivity index (χ2v) is 6.78. The zero-order chi connectivity index (χ0) is 18.6. The summed E-state index contributed by atoms with van der Waals surface area (Å²) >= 11 is 0. The van der Waals surface area contributed by atoms with Crippen LogP contribution in [0.1, 0.15) is 46.6 Å². The van der Waals surface area contributed by atoms with Crippen LogP contribution in [0.25, 0.3) is 11.0 Å². The highest BCUT2D eigenvalue weighted by atomic mass is 16.5. The van der Waals surface area contributed by atoms with Gasteiger partial charge >= 0.3 is 5.63 Å². The standard InChI is InChI=1S/C20H27NO4/c1-6-7-15-10-20(23)25-18-11-16(8-9-17(15)18)24-12-19(22)21(13(2)3)14(4)5/h8-11,13-14H,6-7,12H2,1-5H3. The van der Waals surface area contributed by atoms with Gasteiger partial charge in [0.25, 0.3) is 5.91 Å². The molecule has 25 heavy (non-hydrogen) atoms. The first-order valence-electron chi connectivity index (χ1n) is 8.84. The molecule has 0 unspecified atom stereocenters. The van der Waals surface area contributed by atoms with Crippen LogP contribution in [0.3, 0.4) is 0 Å². The first kappa shape index (κ1) is 19.0. The maximum absolute atomic E-state index is 12.4. The third-order valence-corrected chi connectivity index (χ3v) is 4.08. The molecule has 0 atom stereocenters. The fourth-order valence-corrected chi connectivity index (χ4v) is 3.17. The molecule has 2 rings (SSSR count). The van der Waals surface area contributed by atoms with Crippen molar-refractivity contribution in [1.29, 1.82) is 0 Å². The Balaban J connectivity index is 2.20. The highest BCUT2D eigenvalue weighted by molar-refractivity contribution is 5.82. The van der Waals surface area contributed by atoms with E-state index < -0.39 is 0 Å². The van der Waals surface area contributed by atoms with Crippen molar-refractivity contribution >= 4 is 16.9 Å². The van der Waals surface area contributed by atoms with E-state index in [1.807, 2.05) is 39.8 Å². The number of fused-ring (bicyclic) bond motifs is 1. The third kappa shape index (κ3) is 4.62. The predicted octanol–water partition coefficient (Wildman–Crippen LogP) is 3.77. The second-order valence-electron chi connectivity index (χ2n) is 6.78. The van der Waals surface area contributed by atoms with Gasteiger partial charge in [-0.05, 0) is 51.8 Å². The minimum absolute atomic E-state index is 0.0409. The van der Waals surface area contributed by atoms with E-state index in [9.17, 15) is 9.59 Å². The summed E-state index contributed by atoms with van der Waals surface area (Å²) in [7, 11) is 0. The minimum Gasteiger partial charge on any atom is -0.484 e. The van der Waals surface area contributed by atoms with E-state index >= 15 is 0 Å². The van der Waals surface area contributed by atoms with Crippen LogP contribution in [0.2, 0.25) is 0 Å². The number of carbonyl (C=O) groups excluding carboxylic acids is 1. The molecule has 0 aliphatic rings. The Hall–Kier alpha value is -2.30. The smallest absolute Gasteiger partial charge is 0.336 e. The SMILES string of the molecule is CCCc1cc(=O)oc2cc(OCC(=O)N(C(C)C)C(C)C)ccc12. The highest BCUT2D eigenvalue weighted by Crippen LogP contribution is 2.23. The van der Waals surface area contributed by atoms with E-state index in [1.54, 1.807) is 17.0 Å². The number of amides is 1. The van der Waals surface area contributed by atoms with Gasteiger partial charge in [-0.2, -0.15) is 0 Å². The molecule has 0 spiro atoms. The normalized spacial score (nSPS) is 11.3. The molecule has 2 aromatic rings. The van der Waals surface area contributed by atoms with E-state index in [1.165, 1.54) is 0 Å². The lowest BCUT2D eigenvalue weighted by Gasteiger charge is -2.30. The van der Waals surface area contributed by atoms with Crippen LogP contribution in [-0.4, -0.2) is 29.5 Å². The first-order valence-corrected chi connectivity index (χ1v) is 8.84. The molecule has 1 aromatic carbocycles. The number of hydrogen-bond donors (Lipinski definition) is 0. The number of ether oxygens (including phenoxy) is 1. The van der Waals surface area contributed by atoms with Crippen LogP contribution in [0.4, 0.5) is 0 Å². The number of nitrogens with zero attached hydrogens (tertiary/aromatic N) is 1. The summed E-state index contributed by atoms with van der Waals surface area (Å²) in [6, 6.07) is 7.14. The molecule has 1 heterocycles. The van der Waals surface area contributed by atoms with Crippen molar-refractivity contribution in [1.82, 2.24) is 4.90 Å². The van der Waals surface area contributed by atoms with Gasteiger partial charge in [0.05, 0.1) is 0 Å². The zero-order valence-corrected chi connectivity index (χ0v) is 15.7. The maximum Gasteiger partial charge on any atom is 0.336 e. The summed E-state index contributed by atoms with van der Waals surface area (Å²) in [6.45, 7) is 9.96. The van der Waals surface area contributed by atoms with Crippen LogP contribution in [0.15, 0.2) is 33.5 Å². The van der Waals surface area contributed by atoms with Crippen molar-refractivity contribution in [2.45, 2.75) is 59.5 Å². The first-order chi connectivity index (χ1) is 11.8. The quantitative estimate of drug-likeness (QED) is 0.717. The van der Waals surface area contributed by atoms with Crippen molar-refractivity contribution in [3.05, 3.63) is 40.2 Å². The number of hydrogen-bond acceptors (Lipinski definition) is 4. The molecule has 0 saturated carbocycles. The van der Waals surface area contributed by atoms with E-state index in [0.29, 0.717) is 11.3 Å². The maximum atomic E-state index is 12.4. The van der Waals surface area contributed by atoms with Crippen molar-refractivity contribution in [2.75, 3.05) is 6.61 Å². The van der Waals surface area contributed by atoms with Gasteiger partial charge in [-0.25, -0.2) is 4.79 Å².